The number of amides is 1. The fourth-order valence-electron chi connectivity index (χ4n) is 2.39. The van der Waals surface area contributed by atoms with Crippen molar-refractivity contribution in [3.8, 4) is 0 Å². The third-order valence-corrected chi connectivity index (χ3v) is 3.53. The van der Waals surface area contributed by atoms with E-state index in [0.29, 0.717) is 13.1 Å². The molecule has 0 aliphatic carbocycles. The first-order chi connectivity index (χ1) is 9.74. The van der Waals surface area contributed by atoms with Crippen LogP contribution in [0.3, 0.4) is 0 Å². The molecule has 0 radical (unpaired) electrons. The van der Waals surface area contributed by atoms with Crippen LogP contribution in [0.4, 0.5) is 0 Å². The molecule has 1 aliphatic rings. The highest BCUT2D eigenvalue weighted by Crippen LogP contribution is 2.23. The van der Waals surface area contributed by atoms with E-state index in [9.17, 15) is 4.79 Å². The van der Waals surface area contributed by atoms with Gasteiger partial charge in [-0.1, -0.05) is 6.07 Å². The molecule has 0 unspecified atom stereocenters. The number of hydrogen-bond acceptors (Lipinski definition) is 4. The fourth-order valence-corrected chi connectivity index (χ4v) is 2.39. The Labute approximate surface area is 120 Å². The number of carbonyl (C=O) groups excluding carboxylic acids is 1. The zero-order valence-electron chi connectivity index (χ0n) is 12.0. The Morgan fingerprint density at radius 1 is 1.40 bits per heavy atom. The predicted molar refractivity (Wildman–Crippen MR) is 78.4 cm³/mol. The predicted octanol–water partition coefficient (Wildman–Crippen LogP) is 0.727. The molecule has 0 atom stereocenters. The lowest BCUT2D eigenvalue weighted by molar-refractivity contribution is 0.0953. The summed E-state index contributed by atoms with van der Waals surface area (Å²) in [6.45, 7) is 4.71. The van der Waals surface area contributed by atoms with Gasteiger partial charge in [-0.05, 0) is 36.2 Å². The average Bonchev–Trinajstić information content (AvgIpc) is 2.87. The molecule has 5 nitrogen and oxygen atoms in total. The van der Waals surface area contributed by atoms with Gasteiger partial charge >= 0.3 is 0 Å². The van der Waals surface area contributed by atoms with Crippen molar-refractivity contribution >= 4 is 5.91 Å². The lowest BCUT2D eigenvalue weighted by atomic mass is 10.1. The van der Waals surface area contributed by atoms with Gasteiger partial charge in [-0.25, -0.2) is 0 Å². The Bertz CT molecular complexity index is 462. The summed E-state index contributed by atoms with van der Waals surface area (Å²) < 4.78 is 5.10. The van der Waals surface area contributed by atoms with E-state index in [-0.39, 0.29) is 5.91 Å². The lowest BCUT2D eigenvalue weighted by Crippen LogP contribution is -2.26. The van der Waals surface area contributed by atoms with E-state index < -0.39 is 0 Å². The summed E-state index contributed by atoms with van der Waals surface area (Å²) in [5, 5.41) is 2.88. The largest absolute Gasteiger partial charge is 0.383 e. The molecular formula is C15H23N3O2. The van der Waals surface area contributed by atoms with Gasteiger partial charge in [0, 0.05) is 38.9 Å². The van der Waals surface area contributed by atoms with Gasteiger partial charge in [0.1, 0.15) is 0 Å². The minimum absolute atomic E-state index is 0.0170. The second kappa shape index (κ2) is 7.38. The van der Waals surface area contributed by atoms with Crippen molar-refractivity contribution in [2.45, 2.75) is 19.5 Å². The fraction of sp³-hybridized carbons (Fsp3) is 0.533. The molecule has 0 fully saturated rings. The molecular weight excluding hydrogens is 254 g/mol. The number of nitrogens with zero attached hydrogens (tertiary/aromatic N) is 1. The van der Waals surface area contributed by atoms with Crippen molar-refractivity contribution in [1.29, 1.82) is 0 Å². The van der Waals surface area contributed by atoms with Gasteiger partial charge in [0.05, 0.1) is 6.61 Å². The third kappa shape index (κ3) is 3.79. The molecule has 1 amide bonds. The number of ether oxygens (including phenoxy) is 1. The van der Waals surface area contributed by atoms with Crippen LogP contribution >= 0.6 is 0 Å². The molecule has 0 saturated carbocycles. The number of nitrogens with two attached hydrogens (primary N) is 1. The first kappa shape index (κ1) is 15.0. The minimum atomic E-state index is -0.0170. The average molecular weight is 277 g/mol. The van der Waals surface area contributed by atoms with Crippen LogP contribution < -0.4 is 11.1 Å². The summed E-state index contributed by atoms with van der Waals surface area (Å²) in [4.78, 5) is 14.3. The van der Waals surface area contributed by atoms with Gasteiger partial charge in [-0.15, -0.1) is 0 Å². The van der Waals surface area contributed by atoms with E-state index in [1.54, 1.807) is 7.11 Å². The lowest BCUT2D eigenvalue weighted by Gasteiger charge is -2.13. The molecule has 1 aliphatic heterocycles. The smallest absolute Gasteiger partial charge is 0.251 e. The maximum atomic E-state index is 12.0. The highest BCUT2D eigenvalue weighted by atomic mass is 16.5. The Morgan fingerprint density at radius 3 is 2.95 bits per heavy atom. The zero-order valence-corrected chi connectivity index (χ0v) is 12.0. The van der Waals surface area contributed by atoms with Crippen molar-refractivity contribution in [3.05, 3.63) is 34.9 Å². The summed E-state index contributed by atoms with van der Waals surface area (Å²) in [5.74, 6) is -0.0170. The molecule has 0 aromatic heterocycles. The van der Waals surface area contributed by atoms with Crippen molar-refractivity contribution in [2.24, 2.45) is 5.73 Å². The Morgan fingerprint density at radius 2 is 2.20 bits per heavy atom. The maximum absolute atomic E-state index is 12.0. The summed E-state index contributed by atoms with van der Waals surface area (Å²) in [6.07, 6.45) is 0.807. The van der Waals surface area contributed by atoms with Gasteiger partial charge < -0.3 is 15.8 Å². The van der Waals surface area contributed by atoms with Crippen LogP contribution in [0.1, 0.15) is 27.9 Å². The molecule has 1 aromatic carbocycles. The van der Waals surface area contributed by atoms with Crippen LogP contribution in [0.2, 0.25) is 0 Å². The number of carbonyl (C=O) groups is 1. The zero-order chi connectivity index (χ0) is 14.4. The SMILES string of the molecule is COCCN1Cc2ccc(C(=O)NCCCN)cc2C1. The van der Waals surface area contributed by atoms with Crippen LogP contribution in [0.15, 0.2) is 18.2 Å². The highest BCUT2D eigenvalue weighted by Gasteiger charge is 2.19. The van der Waals surface area contributed by atoms with Crippen molar-refractivity contribution in [3.63, 3.8) is 0 Å². The Balaban J connectivity index is 1.94. The number of rotatable bonds is 7. The second-order valence-electron chi connectivity index (χ2n) is 5.09. The van der Waals surface area contributed by atoms with Crippen molar-refractivity contribution in [1.82, 2.24) is 10.2 Å². The standard InChI is InChI=1S/C15H23N3O2/c1-20-8-7-18-10-13-4-3-12(9-14(13)11-18)15(19)17-6-2-5-16/h3-4,9H,2,5-8,10-11,16H2,1H3,(H,17,19). The van der Waals surface area contributed by atoms with E-state index >= 15 is 0 Å². The van der Waals surface area contributed by atoms with E-state index in [0.717, 1.165) is 38.2 Å². The van der Waals surface area contributed by atoms with Crippen LogP contribution in [0, 0.1) is 0 Å². The van der Waals surface area contributed by atoms with Gasteiger partial charge in [0.2, 0.25) is 0 Å². The molecule has 0 bridgehead atoms. The van der Waals surface area contributed by atoms with Crippen molar-refractivity contribution in [2.75, 3.05) is 33.4 Å². The minimum Gasteiger partial charge on any atom is -0.383 e. The van der Waals surface area contributed by atoms with E-state index in [2.05, 4.69) is 16.3 Å². The Kier molecular flexibility index (Phi) is 5.52. The monoisotopic (exact) mass is 277 g/mol. The van der Waals surface area contributed by atoms with Crippen molar-refractivity contribution < 1.29 is 9.53 Å². The topological polar surface area (TPSA) is 67.6 Å². The number of fused-ring (bicyclic) bond motifs is 1. The first-order valence-corrected chi connectivity index (χ1v) is 7.06. The molecule has 3 N–H and O–H groups in total. The van der Waals surface area contributed by atoms with E-state index in [4.69, 9.17) is 10.5 Å². The van der Waals surface area contributed by atoms with Gasteiger partial charge in [-0.3, -0.25) is 9.69 Å². The third-order valence-electron chi connectivity index (χ3n) is 3.53. The summed E-state index contributed by atoms with van der Waals surface area (Å²) in [7, 11) is 1.72. The highest BCUT2D eigenvalue weighted by molar-refractivity contribution is 5.94. The van der Waals surface area contributed by atoms with Gasteiger partial charge in [0.25, 0.3) is 5.91 Å². The Hall–Kier alpha value is -1.43. The van der Waals surface area contributed by atoms with Crippen LogP contribution in [0.25, 0.3) is 0 Å². The number of nitrogens with one attached hydrogen (secondary N) is 1. The molecule has 1 heterocycles. The molecule has 5 heteroatoms. The molecule has 1 aromatic rings. The van der Waals surface area contributed by atoms with Crippen LogP contribution in [-0.4, -0.2) is 44.2 Å². The molecule has 2 rings (SSSR count). The van der Waals surface area contributed by atoms with Crippen LogP contribution in [-0.2, 0) is 17.8 Å². The first-order valence-electron chi connectivity index (χ1n) is 7.06. The molecule has 20 heavy (non-hydrogen) atoms. The van der Waals surface area contributed by atoms with Crippen LogP contribution in [0.5, 0.6) is 0 Å². The summed E-state index contributed by atoms with van der Waals surface area (Å²) in [6, 6.07) is 5.95. The molecule has 0 saturated heterocycles. The normalized spacial score (nSPS) is 14.3. The van der Waals surface area contributed by atoms with Gasteiger partial charge in [0.15, 0.2) is 0 Å². The number of methoxy groups -OCH3 is 1. The summed E-state index contributed by atoms with van der Waals surface area (Å²) >= 11 is 0. The van der Waals surface area contributed by atoms with E-state index in [1.165, 1.54) is 11.1 Å². The number of benzene rings is 1. The van der Waals surface area contributed by atoms with Gasteiger partial charge in [-0.2, -0.15) is 0 Å². The maximum Gasteiger partial charge on any atom is 0.251 e. The van der Waals surface area contributed by atoms with E-state index in [1.807, 2.05) is 12.1 Å². The summed E-state index contributed by atoms with van der Waals surface area (Å²) in [5.41, 5.74) is 8.69. The number of hydrogen-bond donors (Lipinski definition) is 2. The molecule has 110 valence electrons. The second-order valence-corrected chi connectivity index (χ2v) is 5.09. The molecule has 0 spiro atoms. The quantitative estimate of drug-likeness (QED) is 0.721.